The standard InChI is InChI=1S/C19H29ClN2O4S/c1-4-22(5-2)27(24,25)16-10-11-18(20)17(13-16)19(23)21-14(3)8-9-15-7-6-12-26-15/h10-11,13-15H,4-9,12H2,1-3H3,(H,21,23). The second-order valence-corrected chi connectivity index (χ2v) is 9.16. The largest absolute Gasteiger partial charge is 0.378 e. The molecule has 0 aliphatic carbocycles. The Morgan fingerprint density at radius 1 is 1.37 bits per heavy atom. The lowest BCUT2D eigenvalue weighted by Crippen LogP contribution is -2.34. The van der Waals surface area contributed by atoms with Crippen molar-refractivity contribution >= 4 is 27.5 Å². The van der Waals surface area contributed by atoms with E-state index in [9.17, 15) is 13.2 Å². The summed E-state index contributed by atoms with van der Waals surface area (Å²) in [7, 11) is -3.65. The Balaban J connectivity index is 2.09. The average Bonchev–Trinajstić information content (AvgIpc) is 3.14. The van der Waals surface area contributed by atoms with Crippen LogP contribution in [0.4, 0.5) is 0 Å². The van der Waals surface area contributed by atoms with Gasteiger partial charge in [-0.15, -0.1) is 0 Å². The van der Waals surface area contributed by atoms with Crippen LogP contribution in [0.2, 0.25) is 5.02 Å². The second kappa shape index (κ2) is 9.87. The minimum absolute atomic E-state index is 0.0548. The van der Waals surface area contributed by atoms with Crippen molar-refractivity contribution in [3.05, 3.63) is 28.8 Å². The lowest BCUT2D eigenvalue weighted by molar-refractivity contribution is 0.0899. The highest BCUT2D eigenvalue weighted by molar-refractivity contribution is 7.89. The van der Waals surface area contributed by atoms with E-state index in [1.807, 2.05) is 6.92 Å². The van der Waals surface area contributed by atoms with E-state index in [1.165, 1.54) is 22.5 Å². The van der Waals surface area contributed by atoms with Crippen LogP contribution in [0.25, 0.3) is 0 Å². The normalized spacial score (nSPS) is 18.6. The lowest BCUT2D eigenvalue weighted by Gasteiger charge is -2.20. The summed E-state index contributed by atoms with van der Waals surface area (Å²) in [4.78, 5) is 12.7. The molecule has 0 radical (unpaired) electrons. The molecule has 1 amide bonds. The van der Waals surface area contributed by atoms with Gasteiger partial charge < -0.3 is 10.1 Å². The quantitative estimate of drug-likeness (QED) is 0.668. The van der Waals surface area contributed by atoms with E-state index < -0.39 is 10.0 Å². The fraction of sp³-hybridized carbons (Fsp3) is 0.632. The summed E-state index contributed by atoms with van der Waals surface area (Å²) >= 11 is 6.16. The summed E-state index contributed by atoms with van der Waals surface area (Å²) in [6.07, 6.45) is 4.12. The third kappa shape index (κ3) is 5.67. The van der Waals surface area contributed by atoms with Gasteiger partial charge >= 0.3 is 0 Å². The zero-order valence-electron chi connectivity index (χ0n) is 16.2. The van der Waals surface area contributed by atoms with Crippen molar-refractivity contribution in [3.8, 4) is 0 Å². The molecule has 1 heterocycles. The molecule has 2 rings (SSSR count). The van der Waals surface area contributed by atoms with Crippen LogP contribution in [0, 0.1) is 0 Å². The molecule has 0 spiro atoms. The molecule has 152 valence electrons. The van der Waals surface area contributed by atoms with Gasteiger partial charge in [-0.1, -0.05) is 25.4 Å². The summed E-state index contributed by atoms with van der Waals surface area (Å²) in [6.45, 7) is 7.03. The van der Waals surface area contributed by atoms with Crippen LogP contribution in [0.1, 0.15) is 56.8 Å². The maximum absolute atomic E-state index is 12.7. The molecule has 1 aliphatic heterocycles. The predicted octanol–water partition coefficient (Wildman–Crippen LogP) is 3.45. The van der Waals surface area contributed by atoms with Gasteiger partial charge in [0.15, 0.2) is 0 Å². The van der Waals surface area contributed by atoms with Crippen molar-refractivity contribution in [3.63, 3.8) is 0 Å². The van der Waals surface area contributed by atoms with Gasteiger partial charge in [-0.05, 0) is 50.8 Å². The zero-order valence-corrected chi connectivity index (χ0v) is 17.8. The van der Waals surface area contributed by atoms with Crippen molar-refractivity contribution in [1.29, 1.82) is 0 Å². The Bertz CT molecular complexity index is 744. The van der Waals surface area contributed by atoms with Gasteiger partial charge in [0, 0.05) is 25.7 Å². The highest BCUT2D eigenvalue weighted by Crippen LogP contribution is 2.23. The molecular formula is C19H29ClN2O4S. The predicted molar refractivity (Wildman–Crippen MR) is 107 cm³/mol. The minimum Gasteiger partial charge on any atom is -0.378 e. The third-order valence-corrected chi connectivity index (χ3v) is 7.22. The number of carbonyl (C=O) groups excluding carboxylic acids is 1. The molecule has 0 bridgehead atoms. The van der Waals surface area contributed by atoms with Crippen LogP contribution in [0.3, 0.4) is 0 Å². The van der Waals surface area contributed by atoms with Gasteiger partial charge in [-0.2, -0.15) is 4.31 Å². The summed E-state index contributed by atoms with van der Waals surface area (Å²) < 4.78 is 32.3. The molecule has 2 atom stereocenters. The fourth-order valence-corrected chi connectivity index (χ4v) is 4.92. The number of rotatable bonds is 9. The molecular weight excluding hydrogens is 388 g/mol. The molecule has 1 saturated heterocycles. The Labute approximate surface area is 167 Å². The third-order valence-electron chi connectivity index (χ3n) is 4.85. The van der Waals surface area contributed by atoms with Gasteiger partial charge in [-0.3, -0.25) is 4.79 Å². The number of hydrogen-bond acceptors (Lipinski definition) is 4. The van der Waals surface area contributed by atoms with Crippen molar-refractivity contribution in [2.75, 3.05) is 19.7 Å². The number of ether oxygens (including phenoxy) is 1. The first kappa shape index (κ1) is 22.1. The Hall–Kier alpha value is -1.15. The Morgan fingerprint density at radius 2 is 2.07 bits per heavy atom. The maximum Gasteiger partial charge on any atom is 0.253 e. The number of amides is 1. The monoisotopic (exact) mass is 416 g/mol. The summed E-state index contributed by atoms with van der Waals surface area (Å²) in [5.41, 5.74) is 0.175. The van der Waals surface area contributed by atoms with Crippen LogP contribution >= 0.6 is 11.6 Å². The molecule has 1 aromatic rings. The number of nitrogens with one attached hydrogen (secondary N) is 1. The molecule has 1 N–H and O–H groups in total. The van der Waals surface area contributed by atoms with E-state index in [2.05, 4.69) is 5.32 Å². The van der Waals surface area contributed by atoms with Gasteiger partial charge in [-0.25, -0.2) is 8.42 Å². The maximum atomic E-state index is 12.7. The van der Waals surface area contributed by atoms with Crippen LogP contribution in [-0.2, 0) is 14.8 Å². The topological polar surface area (TPSA) is 75.7 Å². The molecule has 1 aromatic carbocycles. The number of carbonyl (C=O) groups is 1. The van der Waals surface area contributed by atoms with Crippen molar-refractivity contribution < 1.29 is 17.9 Å². The second-order valence-electron chi connectivity index (χ2n) is 6.82. The van der Waals surface area contributed by atoms with Crippen LogP contribution in [0.5, 0.6) is 0 Å². The van der Waals surface area contributed by atoms with Gasteiger partial charge in [0.05, 0.1) is 21.6 Å². The molecule has 1 aliphatic rings. The summed E-state index contributed by atoms with van der Waals surface area (Å²) in [6, 6.07) is 4.20. The molecule has 2 unspecified atom stereocenters. The molecule has 27 heavy (non-hydrogen) atoms. The zero-order chi connectivity index (χ0) is 20.0. The van der Waals surface area contributed by atoms with Crippen molar-refractivity contribution in [1.82, 2.24) is 9.62 Å². The number of halogens is 1. The summed E-state index contributed by atoms with van der Waals surface area (Å²) in [5, 5.41) is 3.14. The SMILES string of the molecule is CCN(CC)S(=O)(=O)c1ccc(Cl)c(C(=O)NC(C)CCC2CCCO2)c1. The van der Waals surface area contributed by atoms with Crippen LogP contribution < -0.4 is 5.32 Å². The van der Waals surface area contributed by atoms with E-state index in [4.69, 9.17) is 16.3 Å². The van der Waals surface area contributed by atoms with Gasteiger partial charge in [0.25, 0.3) is 5.91 Å². The smallest absolute Gasteiger partial charge is 0.253 e. The fourth-order valence-electron chi connectivity index (χ4n) is 3.23. The highest BCUT2D eigenvalue weighted by atomic mass is 35.5. The Morgan fingerprint density at radius 3 is 2.67 bits per heavy atom. The Kier molecular flexibility index (Phi) is 8.09. The van der Waals surface area contributed by atoms with E-state index in [-0.39, 0.29) is 33.5 Å². The van der Waals surface area contributed by atoms with E-state index in [0.717, 1.165) is 32.3 Å². The van der Waals surface area contributed by atoms with E-state index in [1.54, 1.807) is 13.8 Å². The first-order valence-electron chi connectivity index (χ1n) is 9.51. The molecule has 0 aromatic heterocycles. The van der Waals surface area contributed by atoms with Crippen LogP contribution in [0.15, 0.2) is 23.1 Å². The first-order chi connectivity index (χ1) is 12.8. The number of hydrogen-bond donors (Lipinski definition) is 1. The van der Waals surface area contributed by atoms with Crippen molar-refractivity contribution in [2.24, 2.45) is 0 Å². The summed E-state index contributed by atoms with van der Waals surface area (Å²) in [5.74, 6) is -0.364. The van der Waals surface area contributed by atoms with Gasteiger partial charge in [0.1, 0.15) is 0 Å². The number of benzene rings is 1. The van der Waals surface area contributed by atoms with E-state index >= 15 is 0 Å². The minimum atomic E-state index is -3.65. The number of nitrogens with zero attached hydrogens (tertiary/aromatic N) is 1. The lowest BCUT2D eigenvalue weighted by atomic mass is 10.1. The highest BCUT2D eigenvalue weighted by Gasteiger charge is 2.24. The van der Waals surface area contributed by atoms with Gasteiger partial charge in [0.2, 0.25) is 10.0 Å². The van der Waals surface area contributed by atoms with Crippen molar-refractivity contribution in [2.45, 2.75) is 63.5 Å². The van der Waals surface area contributed by atoms with Crippen LogP contribution in [-0.4, -0.2) is 50.5 Å². The van der Waals surface area contributed by atoms with E-state index in [0.29, 0.717) is 13.1 Å². The average molecular weight is 417 g/mol. The number of sulfonamides is 1. The molecule has 6 nitrogen and oxygen atoms in total. The first-order valence-corrected chi connectivity index (χ1v) is 11.3. The molecule has 8 heteroatoms. The molecule has 1 fully saturated rings. The molecule has 0 saturated carbocycles.